The molecule has 0 aliphatic rings. The van der Waals surface area contributed by atoms with Crippen molar-refractivity contribution in [2.75, 3.05) is 0 Å². The molecule has 3 N–H and O–H groups in total. The first-order valence-electron chi connectivity index (χ1n) is 6.03. The summed E-state index contributed by atoms with van der Waals surface area (Å²) in [6.45, 7) is 1.82. The smallest absolute Gasteiger partial charge is 0.326 e. The number of carboxylic acids is 2. The molecule has 1 aromatic heterocycles. The summed E-state index contributed by atoms with van der Waals surface area (Å²) in [6.07, 6.45) is 0.184. The van der Waals surface area contributed by atoms with Gasteiger partial charge in [0, 0.05) is 11.8 Å². The van der Waals surface area contributed by atoms with E-state index in [0.717, 1.165) is 5.01 Å². The number of nitrogens with zero attached hydrogens (tertiary/aromatic N) is 1. The lowest BCUT2D eigenvalue weighted by Crippen LogP contribution is -2.41. The zero-order valence-corrected chi connectivity index (χ0v) is 11.8. The van der Waals surface area contributed by atoms with Crippen LogP contribution in [0.1, 0.15) is 30.0 Å². The van der Waals surface area contributed by atoms with E-state index in [1.807, 2.05) is 6.92 Å². The Hall–Kier alpha value is -1.96. The molecular weight excluding hydrogens is 284 g/mol. The summed E-state index contributed by atoms with van der Waals surface area (Å²) in [5, 5.41) is 22.4. The number of thiazole rings is 1. The number of carboxylic acid groups (broad SMARTS) is 2. The van der Waals surface area contributed by atoms with E-state index in [1.54, 1.807) is 5.38 Å². The number of hydrogen-bond donors (Lipinski definition) is 3. The van der Waals surface area contributed by atoms with Crippen molar-refractivity contribution >= 4 is 29.2 Å². The molecule has 1 amide bonds. The molecule has 0 saturated carbocycles. The summed E-state index contributed by atoms with van der Waals surface area (Å²) in [5.74, 6) is -2.59. The maximum Gasteiger partial charge on any atom is 0.326 e. The minimum atomic E-state index is -1.17. The van der Waals surface area contributed by atoms with Gasteiger partial charge in [0.1, 0.15) is 6.04 Å². The normalized spacial score (nSPS) is 11.8. The topological polar surface area (TPSA) is 117 Å². The maximum absolute atomic E-state index is 11.7. The third kappa shape index (κ3) is 5.79. The third-order valence-corrected chi connectivity index (χ3v) is 3.35. The number of hydrogen-bond acceptors (Lipinski definition) is 5. The fraction of sp³-hybridized carbons (Fsp3) is 0.500. The predicted molar refractivity (Wildman–Crippen MR) is 71.6 cm³/mol. The Balaban J connectivity index is 2.46. The van der Waals surface area contributed by atoms with Crippen molar-refractivity contribution in [3.63, 3.8) is 0 Å². The molecule has 1 heterocycles. The van der Waals surface area contributed by atoms with Crippen LogP contribution in [0.15, 0.2) is 5.38 Å². The Labute approximate surface area is 119 Å². The van der Waals surface area contributed by atoms with E-state index < -0.39 is 23.9 Å². The molecular formula is C12H16N2O5S. The number of aliphatic carboxylic acids is 2. The van der Waals surface area contributed by atoms with Gasteiger partial charge in [-0.3, -0.25) is 9.59 Å². The van der Waals surface area contributed by atoms with Crippen LogP contribution in [0, 0.1) is 6.92 Å². The van der Waals surface area contributed by atoms with Crippen LogP contribution >= 0.6 is 11.3 Å². The summed E-state index contributed by atoms with van der Waals surface area (Å²) in [5.41, 5.74) is 0.597. The summed E-state index contributed by atoms with van der Waals surface area (Å²) in [6, 6.07) is -1.07. The molecule has 0 unspecified atom stereocenters. The molecule has 1 aromatic rings. The van der Waals surface area contributed by atoms with E-state index in [1.165, 1.54) is 11.3 Å². The summed E-state index contributed by atoms with van der Waals surface area (Å²) in [7, 11) is 0. The first-order valence-corrected chi connectivity index (χ1v) is 6.91. The lowest BCUT2D eigenvalue weighted by molar-refractivity contribution is -0.142. The third-order valence-electron chi connectivity index (χ3n) is 2.53. The number of carbonyl (C=O) groups excluding carboxylic acids is 1. The Morgan fingerprint density at radius 3 is 2.60 bits per heavy atom. The lowest BCUT2D eigenvalue weighted by atomic mass is 10.1. The Morgan fingerprint density at radius 2 is 2.10 bits per heavy atom. The van der Waals surface area contributed by atoms with Gasteiger partial charge < -0.3 is 15.5 Å². The van der Waals surface area contributed by atoms with Gasteiger partial charge >= 0.3 is 11.9 Å². The van der Waals surface area contributed by atoms with Crippen LogP contribution in [0.4, 0.5) is 0 Å². The van der Waals surface area contributed by atoms with E-state index in [2.05, 4.69) is 10.3 Å². The number of aromatic nitrogens is 1. The monoisotopic (exact) mass is 300 g/mol. The van der Waals surface area contributed by atoms with Crippen LogP contribution in [0.3, 0.4) is 0 Å². The zero-order chi connectivity index (χ0) is 15.1. The predicted octanol–water partition coefficient (Wildman–Crippen LogP) is 0.818. The standard InChI is InChI=1S/C12H16N2O5S/c1-7-13-8(6-20-7)5-10(15)14-9(12(18)19)3-2-4-11(16)17/h6,9H,2-5H2,1H3,(H,14,15)(H,16,17)(H,18,19)/t9-/m1/s1. The molecule has 20 heavy (non-hydrogen) atoms. The van der Waals surface area contributed by atoms with E-state index >= 15 is 0 Å². The van der Waals surface area contributed by atoms with Gasteiger partial charge in [0.05, 0.1) is 17.1 Å². The van der Waals surface area contributed by atoms with Gasteiger partial charge in [-0.05, 0) is 19.8 Å². The highest BCUT2D eigenvalue weighted by atomic mass is 32.1. The highest BCUT2D eigenvalue weighted by Gasteiger charge is 2.20. The average Bonchev–Trinajstić information content (AvgIpc) is 2.72. The Kier molecular flexibility index (Phi) is 6.10. The highest BCUT2D eigenvalue weighted by Crippen LogP contribution is 2.09. The highest BCUT2D eigenvalue weighted by molar-refractivity contribution is 7.09. The van der Waals surface area contributed by atoms with Gasteiger partial charge in [0.25, 0.3) is 0 Å². The minimum absolute atomic E-state index is 0.0209. The van der Waals surface area contributed by atoms with E-state index in [4.69, 9.17) is 10.2 Å². The number of rotatable bonds is 8. The fourth-order valence-electron chi connectivity index (χ4n) is 1.61. The molecule has 7 nitrogen and oxygen atoms in total. The van der Waals surface area contributed by atoms with Gasteiger partial charge in [-0.1, -0.05) is 0 Å². The number of nitrogens with one attached hydrogen (secondary N) is 1. The molecule has 8 heteroatoms. The molecule has 0 spiro atoms. The molecule has 1 rings (SSSR count). The molecule has 1 atom stereocenters. The van der Waals surface area contributed by atoms with Gasteiger partial charge in [-0.15, -0.1) is 11.3 Å². The number of aryl methyl sites for hydroxylation is 1. The van der Waals surface area contributed by atoms with Gasteiger partial charge in [0.2, 0.25) is 5.91 Å². The average molecular weight is 300 g/mol. The second-order valence-corrected chi connectivity index (χ2v) is 5.34. The summed E-state index contributed by atoms with van der Waals surface area (Å²) in [4.78, 5) is 37.2. The molecule has 110 valence electrons. The van der Waals surface area contributed by atoms with E-state index in [0.29, 0.717) is 5.69 Å². The van der Waals surface area contributed by atoms with Crippen molar-refractivity contribution in [3.8, 4) is 0 Å². The van der Waals surface area contributed by atoms with Crippen molar-refractivity contribution in [1.82, 2.24) is 10.3 Å². The van der Waals surface area contributed by atoms with Gasteiger partial charge in [-0.2, -0.15) is 0 Å². The molecule has 0 aliphatic carbocycles. The van der Waals surface area contributed by atoms with Crippen LogP contribution in [-0.4, -0.2) is 39.1 Å². The van der Waals surface area contributed by atoms with Crippen molar-refractivity contribution in [2.24, 2.45) is 0 Å². The molecule has 0 saturated heterocycles. The lowest BCUT2D eigenvalue weighted by Gasteiger charge is -2.13. The molecule has 0 fully saturated rings. The van der Waals surface area contributed by atoms with Crippen LogP contribution in [-0.2, 0) is 20.8 Å². The number of amides is 1. The Morgan fingerprint density at radius 1 is 1.40 bits per heavy atom. The fourth-order valence-corrected chi connectivity index (χ4v) is 2.23. The van der Waals surface area contributed by atoms with Crippen molar-refractivity contribution in [1.29, 1.82) is 0 Å². The van der Waals surface area contributed by atoms with Crippen LogP contribution in [0.25, 0.3) is 0 Å². The van der Waals surface area contributed by atoms with Crippen LogP contribution < -0.4 is 5.32 Å². The van der Waals surface area contributed by atoms with Crippen LogP contribution in [0.5, 0.6) is 0 Å². The molecule has 0 radical (unpaired) electrons. The Bertz CT molecular complexity index is 500. The van der Waals surface area contributed by atoms with Crippen molar-refractivity contribution in [3.05, 3.63) is 16.1 Å². The molecule has 0 bridgehead atoms. The van der Waals surface area contributed by atoms with Crippen LogP contribution in [0.2, 0.25) is 0 Å². The van der Waals surface area contributed by atoms with Gasteiger partial charge in [0.15, 0.2) is 0 Å². The summed E-state index contributed by atoms with van der Waals surface area (Å²) < 4.78 is 0. The zero-order valence-electron chi connectivity index (χ0n) is 11.0. The second-order valence-electron chi connectivity index (χ2n) is 4.28. The molecule has 0 aromatic carbocycles. The largest absolute Gasteiger partial charge is 0.481 e. The van der Waals surface area contributed by atoms with E-state index in [9.17, 15) is 14.4 Å². The van der Waals surface area contributed by atoms with Crippen molar-refractivity contribution in [2.45, 2.75) is 38.6 Å². The van der Waals surface area contributed by atoms with Gasteiger partial charge in [-0.25, -0.2) is 9.78 Å². The first kappa shape index (κ1) is 16.1. The maximum atomic E-state index is 11.7. The summed E-state index contributed by atoms with van der Waals surface area (Å²) >= 11 is 1.42. The second kappa shape index (κ2) is 7.59. The quantitative estimate of drug-likeness (QED) is 0.654. The minimum Gasteiger partial charge on any atom is -0.481 e. The molecule has 0 aliphatic heterocycles. The SMILES string of the molecule is Cc1nc(CC(=O)N[C@H](CCCC(=O)O)C(=O)O)cs1. The first-order chi connectivity index (χ1) is 9.38. The van der Waals surface area contributed by atoms with Crippen molar-refractivity contribution < 1.29 is 24.6 Å². The van der Waals surface area contributed by atoms with E-state index in [-0.39, 0.29) is 25.7 Å². The number of carbonyl (C=O) groups is 3.